The molecule has 1 aliphatic carbocycles. The first-order chi connectivity index (χ1) is 8.24. The molecule has 4 heteroatoms. The summed E-state index contributed by atoms with van der Waals surface area (Å²) in [5.41, 5.74) is 8.07. The average molecular weight is 232 g/mol. The summed E-state index contributed by atoms with van der Waals surface area (Å²) in [5.74, 6) is 1.16. The molecule has 0 amide bonds. The van der Waals surface area contributed by atoms with Crippen molar-refractivity contribution in [1.82, 2.24) is 9.97 Å². The summed E-state index contributed by atoms with van der Waals surface area (Å²) in [5, 5.41) is 3.30. The van der Waals surface area contributed by atoms with Crippen LogP contribution in [0.3, 0.4) is 0 Å². The Kier molecular flexibility index (Phi) is 3.96. The predicted octanol–water partition coefficient (Wildman–Crippen LogP) is 2.67. The number of anilines is 2. The normalized spacial score (nSPS) is 15.5. The lowest BCUT2D eigenvalue weighted by molar-refractivity contribution is 0.679. The van der Waals surface area contributed by atoms with Gasteiger partial charge in [-0.15, -0.1) is 0 Å². The number of aromatic nitrogens is 2. The van der Waals surface area contributed by atoms with Gasteiger partial charge in [0.05, 0.1) is 0 Å². The van der Waals surface area contributed by atoms with Crippen molar-refractivity contribution >= 4 is 11.8 Å². The smallest absolute Gasteiger partial charge is 0.222 e. The van der Waals surface area contributed by atoms with E-state index in [0.29, 0.717) is 5.95 Å². The number of nitrogen functional groups attached to an aromatic ring is 1. The molecule has 0 aromatic carbocycles. The van der Waals surface area contributed by atoms with Gasteiger partial charge in [0.1, 0.15) is 5.82 Å². The van der Waals surface area contributed by atoms with Gasteiger partial charge in [0, 0.05) is 18.3 Å². The van der Waals surface area contributed by atoms with E-state index in [1.807, 2.05) is 13.0 Å². The van der Waals surface area contributed by atoms with E-state index < -0.39 is 0 Å². The largest absolute Gasteiger partial charge is 0.370 e. The molecule has 3 N–H and O–H groups in total. The molecule has 0 saturated carbocycles. The number of nitrogens with zero attached hydrogens (tertiary/aromatic N) is 2. The quantitative estimate of drug-likeness (QED) is 0.783. The van der Waals surface area contributed by atoms with Crippen LogP contribution in [-0.4, -0.2) is 16.5 Å². The molecule has 1 heterocycles. The lowest BCUT2D eigenvalue weighted by Crippen LogP contribution is -2.08. The highest BCUT2D eigenvalue weighted by molar-refractivity contribution is 5.40. The summed E-state index contributed by atoms with van der Waals surface area (Å²) in [6, 6.07) is 1.92. The van der Waals surface area contributed by atoms with Crippen LogP contribution in [0.15, 0.2) is 17.7 Å². The van der Waals surface area contributed by atoms with E-state index in [9.17, 15) is 0 Å². The fraction of sp³-hybridized carbons (Fsp3) is 0.538. The minimum absolute atomic E-state index is 0.337. The van der Waals surface area contributed by atoms with Crippen molar-refractivity contribution in [2.45, 2.75) is 39.0 Å². The van der Waals surface area contributed by atoms with E-state index in [1.54, 1.807) is 5.57 Å². The van der Waals surface area contributed by atoms with Crippen molar-refractivity contribution in [3.8, 4) is 0 Å². The summed E-state index contributed by atoms with van der Waals surface area (Å²) in [7, 11) is 0. The Balaban J connectivity index is 1.83. The van der Waals surface area contributed by atoms with Gasteiger partial charge in [0.15, 0.2) is 0 Å². The van der Waals surface area contributed by atoms with E-state index in [-0.39, 0.29) is 0 Å². The molecule has 0 fully saturated rings. The highest BCUT2D eigenvalue weighted by Crippen LogP contribution is 2.20. The molecule has 0 radical (unpaired) electrons. The zero-order chi connectivity index (χ0) is 12.1. The van der Waals surface area contributed by atoms with Gasteiger partial charge in [-0.25, -0.2) is 4.98 Å². The molecule has 0 saturated heterocycles. The third-order valence-electron chi connectivity index (χ3n) is 3.01. The summed E-state index contributed by atoms with van der Waals surface area (Å²) in [4.78, 5) is 8.20. The van der Waals surface area contributed by atoms with Crippen molar-refractivity contribution in [3.63, 3.8) is 0 Å². The molecule has 92 valence electrons. The number of nitrogens with one attached hydrogen (secondary N) is 1. The summed E-state index contributed by atoms with van der Waals surface area (Å²) < 4.78 is 0. The molecule has 1 aliphatic rings. The second-order valence-corrected chi connectivity index (χ2v) is 4.54. The summed E-state index contributed by atoms with van der Waals surface area (Å²) >= 11 is 0. The first kappa shape index (κ1) is 11.9. The summed E-state index contributed by atoms with van der Waals surface area (Å²) in [6.45, 7) is 2.84. The highest BCUT2D eigenvalue weighted by Gasteiger charge is 2.04. The number of hydrogen-bond acceptors (Lipinski definition) is 4. The highest BCUT2D eigenvalue weighted by atomic mass is 15.1. The zero-order valence-corrected chi connectivity index (χ0v) is 10.4. The number of rotatable bonds is 4. The average Bonchev–Trinajstić information content (AvgIpc) is 2.29. The minimum atomic E-state index is 0.337. The molecule has 4 nitrogen and oxygen atoms in total. The number of hydrogen-bond donors (Lipinski definition) is 2. The van der Waals surface area contributed by atoms with Crippen LogP contribution in [0, 0.1) is 6.92 Å². The number of nitrogens with two attached hydrogens (primary N) is 1. The molecule has 1 aromatic rings. The van der Waals surface area contributed by atoms with Crippen LogP contribution in [0.2, 0.25) is 0 Å². The van der Waals surface area contributed by atoms with Gasteiger partial charge in [0.2, 0.25) is 5.95 Å². The second-order valence-electron chi connectivity index (χ2n) is 4.54. The van der Waals surface area contributed by atoms with E-state index >= 15 is 0 Å². The van der Waals surface area contributed by atoms with E-state index in [1.165, 1.54) is 25.7 Å². The lowest BCUT2D eigenvalue weighted by Gasteiger charge is -2.13. The molecule has 0 spiro atoms. The number of aryl methyl sites for hydroxylation is 1. The van der Waals surface area contributed by atoms with Crippen LogP contribution in [0.25, 0.3) is 0 Å². The standard InChI is InChI=1S/C13H20N4/c1-10-9-12(17-13(14)16-10)15-8-7-11-5-3-2-4-6-11/h5,9H,2-4,6-8H2,1H3,(H3,14,15,16,17). The van der Waals surface area contributed by atoms with Crippen LogP contribution in [0.5, 0.6) is 0 Å². The van der Waals surface area contributed by atoms with E-state index in [4.69, 9.17) is 5.73 Å². The van der Waals surface area contributed by atoms with Gasteiger partial charge in [0.25, 0.3) is 0 Å². The van der Waals surface area contributed by atoms with Gasteiger partial charge < -0.3 is 11.1 Å². The SMILES string of the molecule is Cc1cc(NCCC2=CCCCC2)nc(N)n1. The molecule has 0 atom stereocenters. The van der Waals surface area contributed by atoms with Crippen molar-refractivity contribution in [3.05, 3.63) is 23.4 Å². The van der Waals surface area contributed by atoms with Crippen molar-refractivity contribution in [2.75, 3.05) is 17.6 Å². The maximum atomic E-state index is 5.60. The Morgan fingerprint density at radius 2 is 2.24 bits per heavy atom. The third-order valence-corrected chi connectivity index (χ3v) is 3.01. The monoisotopic (exact) mass is 232 g/mol. The summed E-state index contributed by atoms with van der Waals surface area (Å²) in [6.07, 6.45) is 8.67. The van der Waals surface area contributed by atoms with Crippen LogP contribution < -0.4 is 11.1 Å². The maximum Gasteiger partial charge on any atom is 0.222 e. The molecule has 17 heavy (non-hydrogen) atoms. The third kappa shape index (κ3) is 3.73. The Bertz CT molecular complexity index is 392. The molecular formula is C13H20N4. The lowest BCUT2D eigenvalue weighted by atomic mass is 9.97. The Labute approximate surface area is 102 Å². The second kappa shape index (κ2) is 5.66. The van der Waals surface area contributed by atoms with Crippen LogP contribution in [-0.2, 0) is 0 Å². The fourth-order valence-electron chi connectivity index (χ4n) is 2.16. The molecule has 0 bridgehead atoms. The fourth-order valence-corrected chi connectivity index (χ4v) is 2.16. The maximum absolute atomic E-state index is 5.60. The Hall–Kier alpha value is -1.58. The zero-order valence-electron chi connectivity index (χ0n) is 10.4. The van der Waals surface area contributed by atoms with E-state index in [0.717, 1.165) is 24.5 Å². The van der Waals surface area contributed by atoms with Crippen molar-refractivity contribution < 1.29 is 0 Å². The molecule has 0 unspecified atom stereocenters. The van der Waals surface area contributed by atoms with Gasteiger partial charge in [-0.3, -0.25) is 0 Å². The van der Waals surface area contributed by atoms with Crippen LogP contribution >= 0.6 is 0 Å². The van der Waals surface area contributed by atoms with Gasteiger partial charge in [-0.1, -0.05) is 11.6 Å². The predicted molar refractivity (Wildman–Crippen MR) is 70.8 cm³/mol. The molecule has 1 aromatic heterocycles. The topological polar surface area (TPSA) is 63.8 Å². The molecular weight excluding hydrogens is 212 g/mol. The molecule has 2 rings (SSSR count). The van der Waals surface area contributed by atoms with Gasteiger partial charge in [-0.2, -0.15) is 4.98 Å². The van der Waals surface area contributed by atoms with Crippen LogP contribution in [0.4, 0.5) is 11.8 Å². The van der Waals surface area contributed by atoms with Crippen LogP contribution in [0.1, 0.15) is 37.8 Å². The van der Waals surface area contributed by atoms with Gasteiger partial charge in [-0.05, 0) is 39.0 Å². The van der Waals surface area contributed by atoms with Crippen molar-refractivity contribution in [2.24, 2.45) is 0 Å². The minimum Gasteiger partial charge on any atom is -0.370 e. The number of allylic oxidation sites excluding steroid dienone is 1. The van der Waals surface area contributed by atoms with E-state index in [2.05, 4.69) is 21.4 Å². The first-order valence-corrected chi connectivity index (χ1v) is 6.27. The van der Waals surface area contributed by atoms with Gasteiger partial charge >= 0.3 is 0 Å². The van der Waals surface area contributed by atoms with Crippen molar-refractivity contribution in [1.29, 1.82) is 0 Å². The Morgan fingerprint density at radius 3 is 2.94 bits per heavy atom. The Morgan fingerprint density at radius 1 is 1.35 bits per heavy atom. The first-order valence-electron chi connectivity index (χ1n) is 6.27. The molecule has 0 aliphatic heterocycles.